The van der Waals surface area contributed by atoms with Crippen molar-refractivity contribution >= 4 is 0 Å². The van der Waals surface area contributed by atoms with E-state index in [1.54, 1.807) is 70.6 Å². The zero-order valence-electron chi connectivity index (χ0n) is 10.6. The zero-order chi connectivity index (χ0) is 10.6. The molecule has 0 heteroatoms. The topological polar surface area (TPSA) is 0 Å². The molecule has 5 atom stereocenters. The van der Waals surface area contributed by atoms with Gasteiger partial charge in [-0.2, -0.15) is 0 Å². The molecule has 90 valence electrons. The maximum atomic E-state index is 1.64. The van der Waals surface area contributed by atoms with Crippen LogP contribution in [0.2, 0.25) is 0 Å². The van der Waals surface area contributed by atoms with Crippen molar-refractivity contribution in [1.82, 2.24) is 0 Å². The largest absolute Gasteiger partial charge is 0.0530 e. The summed E-state index contributed by atoms with van der Waals surface area (Å²) in [5.74, 6) is 4.64. The van der Waals surface area contributed by atoms with Crippen LogP contribution in [0.5, 0.6) is 0 Å². The summed E-state index contributed by atoms with van der Waals surface area (Å²) in [5, 5.41) is 0. The smallest absolute Gasteiger partial charge is 0.0264 e. The molecule has 0 aromatic rings. The van der Waals surface area contributed by atoms with Gasteiger partial charge in [0.15, 0.2) is 0 Å². The van der Waals surface area contributed by atoms with Crippen LogP contribution in [0.25, 0.3) is 0 Å². The molecule has 4 aliphatic carbocycles. The molecule has 0 aromatic carbocycles. The van der Waals surface area contributed by atoms with Crippen molar-refractivity contribution < 1.29 is 0 Å². The Balaban J connectivity index is 1.64. The fourth-order valence-corrected chi connectivity index (χ4v) is 6.25. The Bertz CT molecular complexity index is 282. The molecule has 4 fully saturated rings. The summed E-state index contributed by atoms with van der Waals surface area (Å²) in [4.78, 5) is 0. The minimum absolute atomic E-state index is 0.876. The van der Waals surface area contributed by atoms with Crippen LogP contribution in [0.1, 0.15) is 70.6 Å². The molecule has 0 nitrogen and oxygen atoms in total. The van der Waals surface area contributed by atoms with E-state index >= 15 is 0 Å². The lowest BCUT2D eigenvalue weighted by Crippen LogP contribution is -2.44. The Labute approximate surface area is 100 Å². The van der Waals surface area contributed by atoms with Gasteiger partial charge in [-0.3, -0.25) is 0 Å². The standard InChI is InChI=1S/C16H26/c1-2-4-14-13(3-1)8-10-16-9-7-12(11-16)5-6-15(14)16/h12-15H,1-11H2. The highest BCUT2D eigenvalue weighted by Gasteiger charge is 2.54. The van der Waals surface area contributed by atoms with Gasteiger partial charge in [-0.1, -0.05) is 25.7 Å². The lowest BCUT2D eigenvalue weighted by atomic mass is 9.51. The predicted octanol–water partition coefficient (Wildman–Crippen LogP) is 4.78. The lowest BCUT2D eigenvalue weighted by Gasteiger charge is -2.54. The molecule has 2 bridgehead atoms. The van der Waals surface area contributed by atoms with Gasteiger partial charge in [0.05, 0.1) is 0 Å². The van der Waals surface area contributed by atoms with Gasteiger partial charge in [-0.25, -0.2) is 0 Å². The van der Waals surface area contributed by atoms with Crippen LogP contribution in [0.3, 0.4) is 0 Å². The Morgan fingerprint density at radius 3 is 2.62 bits per heavy atom. The van der Waals surface area contributed by atoms with Gasteiger partial charge >= 0.3 is 0 Å². The maximum Gasteiger partial charge on any atom is -0.0264 e. The minimum Gasteiger partial charge on any atom is -0.0530 e. The Hall–Kier alpha value is 0. The average molecular weight is 218 g/mol. The molecular formula is C16H26. The fraction of sp³-hybridized carbons (Fsp3) is 1.00. The highest BCUT2D eigenvalue weighted by atomic mass is 14.6. The fourth-order valence-electron chi connectivity index (χ4n) is 6.25. The van der Waals surface area contributed by atoms with E-state index in [1.807, 2.05) is 0 Å². The van der Waals surface area contributed by atoms with Crippen molar-refractivity contribution in [3.05, 3.63) is 0 Å². The van der Waals surface area contributed by atoms with Crippen LogP contribution >= 0.6 is 0 Å². The highest BCUT2D eigenvalue weighted by molar-refractivity contribution is 5.04. The second-order valence-electron chi connectivity index (χ2n) is 7.40. The SMILES string of the molecule is C1CCC2C(C1)CCC13CCC(CCC21)C3. The van der Waals surface area contributed by atoms with Crippen molar-refractivity contribution in [3.63, 3.8) is 0 Å². The van der Waals surface area contributed by atoms with Gasteiger partial charge in [0, 0.05) is 0 Å². The van der Waals surface area contributed by atoms with Crippen LogP contribution in [-0.4, -0.2) is 0 Å². The first-order valence-corrected chi connectivity index (χ1v) is 7.87. The third-order valence-electron chi connectivity index (χ3n) is 6.92. The molecule has 0 heterocycles. The molecule has 4 aliphatic rings. The van der Waals surface area contributed by atoms with Crippen molar-refractivity contribution in [1.29, 1.82) is 0 Å². The molecule has 4 rings (SSSR count). The van der Waals surface area contributed by atoms with E-state index in [2.05, 4.69) is 0 Å². The third kappa shape index (κ3) is 1.28. The molecule has 16 heavy (non-hydrogen) atoms. The Morgan fingerprint density at radius 1 is 0.750 bits per heavy atom. The van der Waals surface area contributed by atoms with Gasteiger partial charge in [0.2, 0.25) is 0 Å². The first-order chi connectivity index (χ1) is 7.87. The number of fused-ring (bicyclic) bond motifs is 3. The third-order valence-corrected chi connectivity index (χ3v) is 6.92. The van der Waals surface area contributed by atoms with Crippen LogP contribution in [0.15, 0.2) is 0 Å². The lowest BCUT2D eigenvalue weighted by molar-refractivity contribution is -0.0378. The van der Waals surface area contributed by atoms with Crippen molar-refractivity contribution in [2.75, 3.05) is 0 Å². The molecule has 0 aliphatic heterocycles. The van der Waals surface area contributed by atoms with Gasteiger partial charge in [-0.15, -0.1) is 0 Å². The van der Waals surface area contributed by atoms with Gasteiger partial charge < -0.3 is 0 Å². The minimum atomic E-state index is 0.876. The molecule has 0 aromatic heterocycles. The summed E-state index contributed by atoms with van der Waals surface area (Å²) in [6, 6.07) is 0. The number of hydrogen-bond acceptors (Lipinski definition) is 0. The Morgan fingerprint density at radius 2 is 1.62 bits per heavy atom. The predicted molar refractivity (Wildman–Crippen MR) is 67.2 cm³/mol. The molecule has 1 spiro atoms. The molecule has 0 saturated heterocycles. The van der Waals surface area contributed by atoms with Crippen LogP contribution < -0.4 is 0 Å². The van der Waals surface area contributed by atoms with Crippen LogP contribution in [-0.2, 0) is 0 Å². The average Bonchev–Trinajstić information content (AvgIpc) is 2.65. The van der Waals surface area contributed by atoms with E-state index in [-0.39, 0.29) is 0 Å². The van der Waals surface area contributed by atoms with E-state index in [9.17, 15) is 0 Å². The quantitative estimate of drug-likeness (QED) is 0.549. The second kappa shape index (κ2) is 3.50. The van der Waals surface area contributed by atoms with Crippen molar-refractivity contribution in [2.24, 2.45) is 29.1 Å². The maximum absolute atomic E-state index is 1.64. The molecule has 5 unspecified atom stereocenters. The summed E-state index contributed by atoms with van der Waals surface area (Å²) < 4.78 is 0. The molecule has 0 amide bonds. The van der Waals surface area contributed by atoms with Gasteiger partial charge in [0.25, 0.3) is 0 Å². The van der Waals surface area contributed by atoms with Gasteiger partial charge in [-0.05, 0) is 74.0 Å². The van der Waals surface area contributed by atoms with E-state index in [4.69, 9.17) is 0 Å². The van der Waals surface area contributed by atoms with Crippen LogP contribution in [0, 0.1) is 29.1 Å². The van der Waals surface area contributed by atoms with E-state index in [0.717, 1.165) is 17.3 Å². The zero-order valence-corrected chi connectivity index (χ0v) is 10.6. The Kier molecular flexibility index (Phi) is 2.18. The van der Waals surface area contributed by atoms with Crippen molar-refractivity contribution in [2.45, 2.75) is 70.6 Å². The van der Waals surface area contributed by atoms with E-state index in [1.165, 1.54) is 11.8 Å². The van der Waals surface area contributed by atoms with E-state index in [0.29, 0.717) is 0 Å². The molecular weight excluding hydrogens is 192 g/mol. The summed E-state index contributed by atoms with van der Waals surface area (Å²) in [5.41, 5.74) is 0.876. The first kappa shape index (κ1) is 9.97. The van der Waals surface area contributed by atoms with Crippen LogP contribution in [0.4, 0.5) is 0 Å². The van der Waals surface area contributed by atoms with E-state index < -0.39 is 0 Å². The van der Waals surface area contributed by atoms with Gasteiger partial charge in [0.1, 0.15) is 0 Å². The summed E-state index contributed by atoms with van der Waals surface area (Å²) >= 11 is 0. The normalized spacial score (nSPS) is 55.5. The monoisotopic (exact) mass is 218 g/mol. The first-order valence-electron chi connectivity index (χ1n) is 7.87. The summed E-state index contributed by atoms with van der Waals surface area (Å²) in [7, 11) is 0. The number of hydrogen-bond donors (Lipinski definition) is 0. The second-order valence-corrected chi connectivity index (χ2v) is 7.40. The summed E-state index contributed by atoms with van der Waals surface area (Å²) in [6.07, 6.45) is 17.6. The molecule has 4 saturated carbocycles. The molecule has 0 N–H and O–H groups in total. The molecule has 0 radical (unpaired) electrons. The number of rotatable bonds is 0. The van der Waals surface area contributed by atoms with Crippen molar-refractivity contribution in [3.8, 4) is 0 Å². The highest BCUT2D eigenvalue weighted by Crippen LogP contribution is 2.64. The summed E-state index contributed by atoms with van der Waals surface area (Å²) in [6.45, 7) is 0.